The van der Waals surface area contributed by atoms with Crippen LogP contribution in [0.3, 0.4) is 0 Å². The van der Waals surface area contributed by atoms with E-state index in [1.807, 2.05) is 13.0 Å². The van der Waals surface area contributed by atoms with E-state index in [2.05, 4.69) is 20.8 Å². The second-order valence-corrected chi connectivity index (χ2v) is 6.22. The number of aromatic hydroxyl groups is 1. The lowest BCUT2D eigenvalue weighted by atomic mass is 9.78. The van der Waals surface area contributed by atoms with E-state index in [1.54, 1.807) is 6.07 Å². The monoisotopic (exact) mass is 278 g/mol. The molecule has 0 atom stereocenters. The largest absolute Gasteiger partial charge is 0.507 e. The Labute approximate surface area is 121 Å². The Morgan fingerprint density at radius 3 is 2.45 bits per heavy atom. The molecule has 0 aliphatic heterocycles. The maximum Gasteiger partial charge on any atom is 0.307 e. The van der Waals surface area contributed by atoms with Gasteiger partial charge in [0.1, 0.15) is 5.75 Å². The number of aryl methyl sites for hydroxylation is 1. The van der Waals surface area contributed by atoms with E-state index in [9.17, 15) is 9.90 Å². The minimum atomic E-state index is -0.843. The molecule has 0 aliphatic rings. The first-order valence-corrected chi connectivity index (χ1v) is 7.32. The molecular weight excluding hydrogens is 252 g/mol. The van der Waals surface area contributed by atoms with Gasteiger partial charge in [-0.1, -0.05) is 52.2 Å². The van der Waals surface area contributed by atoms with Gasteiger partial charge in [-0.25, -0.2) is 0 Å². The molecule has 3 heteroatoms. The Morgan fingerprint density at radius 2 is 1.90 bits per heavy atom. The van der Waals surface area contributed by atoms with E-state index in [0.717, 1.165) is 29.5 Å². The number of carbonyl (C=O) groups is 1. The molecule has 0 radical (unpaired) electrons. The number of rotatable bonds is 7. The second kappa shape index (κ2) is 6.78. The third-order valence-electron chi connectivity index (χ3n) is 3.85. The van der Waals surface area contributed by atoms with Crippen LogP contribution >= 0.6 is 0 Å². The highest BCUT2D eigenvalue weighted by Crippen LogP contribution is 2.37. The van der Waals surface area contributed by atoms with Gasteiger partial charge in [-0.05, 0) is 29.9 Å². The van der Waals surface area contributed by atoms with E-state index < -0.39 is 5.97 Å². The Morgan fingerprint density at radius 1 is 1.25 bits per heavy atom. The SMILES string of the molecule is CCCCCC(C)(C)c1cc(CC(=O)O)cc(C)c1O. The zero-order valence-electron chi connectivity index (χ0n) is 13.0. The van der Waals surface area contributed by atoms with Gasteiger partial charge < -0.3 is 10.2 Å². The zero-order valence-corrected chi connectivity index (χ0v) is 13.0. The van der Waals surface area contributed by atoms with Gasteiger partial charge in [0.25, 0.3) is 0 Å². The van der Waals surface area contributed by atoms with E-state index >= 15 is 0 Å². The van der Waals surface area contributed by atoms with E-state index in [-0.39, 0.29) is 11.8 Å². The number of carboxylic acid groups (broad SMARTS) is 1. The molecule has 2 N–H and O–H groups in total. The van der Waals surface area contributed by atoms with Crippen molar-refractivity contribution in [3.63, 3.8) is 0 Å². The van der Waals surface area contributed by atoms with Gasteiger partial charge in [-0.2, -0.15) is 0 Å². The molecule has 0 saturated carbocycles. The quantitative estimate of drug-likeness (QED) is 0.735. The predicted octanol–water partition coefficient (Wildman–Crippen LogP) is 4.19. The van der Waals surface area contributed by atoms with E-state index in [0.29, 0.717) is 5.75 Å². The highest BCUT2D eigenvalue weighted by molar-refractivity contribution is 5.70. The molecule has 0 bridgehead atoms. The Kier molecular flexibility index (Phi) is 5.61. The number of phenols is 1. The van der Waals surface area contributed by atoms with Crippen LogP contribution < -0.4 is 0 Å². The minimum absolute atomic E-state index is 0.000833. The van der Waals surface area contributed by atoms with Crippen LogP contribution in [-0.2, 0) is 16.6 Å². The molecule has 1 rings (SSSR count). The third kappa shape index (κ3) is 4.26. The van der Waals surface area contributed by atoms with Gasteiger partial charge in [-0.3, -0.25) is 4.79 Å². The summed E-state index contributed by atoms with van der Waals surface area (Å²) < 4.78 is 0. The van der Waals surface area contributed by atoms with Crippen molar-refractivity contribution in [2.75, 3.05) is 0 Å². The topological polar surface area (TPSA) is 57.5 Å². The Hall–Kier alpha value is -1.51. The van der Waals surface area contributed by atoms with Gasteiger partial charge in [0.15, 0.2) is 0 Å². The molecule has 0 aliphatic carbocycles. The highest BCUT2D eigenvalue weighted by Gasteiger charge is 2.25. The summed E-state index contributed by atoms with van der Waals surface area (Å²) >= 11 is 0. The number of hydrogen-bond acceptors (Lipinski definition) is 2. The normalized spacial score (nSPS) is 11.6. The lowest BCUT2D eigenvalue weighted by Gasteiger charge is -2.27. The number of benzene rings is 1. The first-order valence-electron chi connectivity index (χ1n) is 7.32. The summed E-state index contributed by atoms with van der Waals surface area (Å²) in [4.78, 5) is 10.9. The van der Waals surface area contributed by atoms with Crippen molar-refractivity contribution in [3.05, 3.63) is 28.8 Å². The van der Waals surface area contributed by atoms with Crippen LogP contribution in [0.2, 0.25) is 0 Å². The van der Waals surface area contributed by atoms with Crippen molar-refractivity contribution in [2.45, 2.75) is 65.2 Å². The average molecular weight is 278 g/mol. The van der Waals surface area contributed by atoms with Gasteiger partial charge in [0, 0.05) is 5.56 Å². The van der Waals surface area contributed by atoms with Crippen molar-refractivity contribution in [2.24, 2.45) is 0 Å². The molecule has 3 nitrogen and oxygen atoms in total. The summed E-state index contributed by atoms with van der Waals surface area (Å²) in [5, 5.41) is 19.2. The van der Waals surface area contributed by atoms with Crippen LogP contribution in [0.1, 0.15) is 63.1 Å². The molecule has 0 heterocycles. The van der Waals surface area contributed by atoms with E-state index in [1.165, 1.54) is 12.8 Å². The summed E-state index contributed by atoms with van der Waals surface area (Å²) in [5.74, 6) is -0.537. The van der Waals surface area contributed by atoms with Crippen LogP contribution in [0.4, 0.5) is 0 Å². The van der Waals surface area contributed by atoms with Gasteiger partial charge in [0.05, 0.1) is 6.42 Å². The van der Waals surface area contributed by atoms with Crippen LogP contribution in [0.5, 0.6) is 5.75 Å². The van der Waals surface area contributed by atoms with Crippen LogP contribution in [0.15, 0.2) is 12.1 Å². The number of unbranched alkanes of at least 4 members (excludes halogenated alkanes) is 2. The molecule has 112 valence electrons. The maximum atomic E-state index is 10.9. The standard InChI is InChI=1S/C17H26O3/c1-5-6-7-8-17(3,4)14-10-13(11-15(18)19)9-12(2)16(14)20/h9-10,20H,5-8,11H2,1-4H3,(H,18,19). The molecule has 0 aromatic heterocycles. The molecule has 1 aromatic carbocycles. The van der Waals surface area contributed by atoms with Gasteiger partial charge in [-0.15, -0.1) is 0 Å². The van der Waals surface area contributed by atoms with Crippen LogP contribution in [0.25, 0.3) is 0 Å². The summed E-state index contributed by atoms with van der Waals surface area (Å²) in [5.41, 5.74) is 2.23. The number of hydrogen-bond donors (Lipinski definition) is 2. The molecule has 1 aromatic rings. The fourth-order valence-corrected chi connectivity index (χ4v) is 2.60. The first-order chi connectivity index (χ1) is 9.27. The van der Waals surface area contributed by atoms with Gasteiger partial charge >= 0.3 is 5.97 Å². The summed E-state index contributed by atoms with van der Waals surface area (Å²) in [7, 11) is 0. The third-order valence-corrected chi connectivity index (χ3v) is 3.85. The predicted molar refractivity (Wildman–Crippen MR) is 81.4 cm³/mol. The molecule has 20 heavy (non-hydrogen) atoms. The smallest absolute Gasteiger partial charge is 0.307 e. The number of carboxylic acids is 1. The lowest BCUT2D eigenvalue weighted by Crippen LogP contribution is -2.18. The molecular formula is C17H26O3. The highest BCUT2D eigenvalue weighted by atomic mass is 16.4. The summed E-state index contributed by atoms with van der Waals surface area (Å²) in [6, 6.07) is 3.61. The minimum Gasteiger partial charge on any atom is -0.507 e. The van der Waals surface area contributed by atoms with Gasteiger partial charge in [0.2, 0.25) is 0 Å². The fraction of sp³-hybridized carbons (Fsp3) is 0.588. The maximum absolute atomic E-state index is 10.9. The molecule has 0 saturated heterocycles. The van der Waals surface area contributed by atoms with Crippen molar-refractivity contribution >= 4 is 5.97 Å². The lowest BCUT2D eigenvalue weighted by molar-refractivity contribution is -0.136. The Bertz CT molecular complexity index is 475. The average Bonchev–Trinajstić information content (AvgIpc) is 2.32. The van der Waals surface area contributed by atoms with E-state index in [4.69, 9.17) is 5.11 Å². The molecule has 0 fully saturated rings. The fourth-order valence-electron chi connectivity index (χ4n) is 2.60. The van der Waals surface area contributed by atoms with Crippen molar-refractivity contribution in [1.29, 1.82) is 0 Å². The van der Waals surface area contributed by atoms with Crippen molar-refractivity contribution in [1.82, 2.24) is 0 Å². The zero-order chi connectivity index (χ0) is 15.3. The Balaban J connectivity index is 3.08. The molecule has 0 unspecified atom stereocenters. The van der Waals surface area contributed by atoms with Crippen LogP contribution in [0, 0.1) is 6.92 Å². The molecule has 0 amide bonds. The van der Waals surface area contributed by atoms with Crippen molar-refractivity contribution < 1.29 is 15.0 Å². The molecule has 0 spiro atoms. The number of phenolic OH excluding ortho intramolecular Hbond substituents is 1. The first kappa shape index (κ1) is 16.5. The van der Waals surface area contributed by atoms with Crippen molar-refractivity contribution in [3.8, 4) is 5.75 Å². The second-order valence-electron chi connectivity index (χ2n) is 6.22. The summed E-state index contributed by atoms with van der Waals surface area (Å²) in [6.07, 6.45) is 4.45. The summed E-state index contributed by atoms with van der Waals surface area (Å²) in [6.45, 7) is 8.22. The number of aliphatic carboxylic acids is 1. The van der Waals surface area contributed by atoms with Crippen LogP contribution in [-0.4, -0.2) is 16.2 Å².